The van der Waals surface area contributed by atoms with Crippen LogP contribution in [0.3, 0.4) is 0 Å². The van der Waals surface area contributed by atoms with Crippen LogP contribution in [-0.4, -0.2) is 0 Å². The molecule has 9 aromatic carbocycles. The van der Waals surface area contributed by atoms with Crippen molar-refractivity contribution in [2.75, 3.05) is 0 Å². The molecule has 198 valence electrons. The van der Waals surface area contributed by atoms with E-state index in [0.29, 0.717) is 20.1 Å². The van der Waals surface area contributed by atoms with E-state index in [0.717, 1.165) is 65.3 Å². The molecule has 0 aliphatic rings. The summed E-state index contributed by atoms with van der Waals surface area (Å²) < 4.78 is 0. The minimum atomic E-state index is 0.613. The third-order valence-electron chi connectivity index (χ3n) is 8.81. The van der Waals surface area contributed by atoms with Crippen molar-refractivity contribution in [1.82, 2.24) is 0 Å². The van der Waals surface area contributed by atoms with Crippen molar-refractivity contribution in [1.29, 1.82) is 0 Å². The molecule has 0 saturated heterocycles. The minimum Gasteiger partial charge on any atom is -0.0836 e. The van der Waals surface area contributed by atoms with Crippen molar-refractivity contribution in [3.8, 4) is 22.3 Å². The van der Waals surface area contributed by atoms with Gasteiger partial charge in [0.05, 0.1) is 0 Å². The Morgan fingerprint density at radius 3 is 0.810 bits per heavy atom. The monoisotopic (exact) mass is 614 g/mol. The van der Waals surface area contributed by atoms with E-state index in [9.17, 15) is 0 Å². The zero-order valence-corrected chi connectivity index (χ0v) is 24.9. The number of rotatable bonds is 2. The Morgan fingerprint density at radius 2 is 0.524 bits per heavy atom. The SMILES string of the molecule is Clc1cccc(Cl)c1-c1c2c3cccc4cccc(c2c(-c2c(Cl)cccc2Cl)c2c5cccc6cccc(c12)c65)c43. The van der Waals surface area contributed by atoms with Gasteiger partial charge in [0.2, 0.25) is 0 Å². The molecule has 0 saturated carbocycles. The number of fused-ring (bicyclic) bond motifs is 6. The van der Waals surface area contributed by atoms with Gasteiger partial charge in [0.1, 0.15) is 0 Å². The van der Waals surface area contributed by atoms with Gasteiger partial charge < -0.3 is 0 Å². The Balaban J connectivity index is 1.75. The second-order valence-corrected chi connectivity index (χ2v) is 12.5. The minimum absolute atomic E-state index is 0.613. The van der Waals surface area contributed by atoms with Gasteiger partial charge in [-0.15, -0.1) is 0 Å². The van der Waals surface area contributed by atoms with Gasteiger partial charge in [0, 0.05) is 42.3 Å². The Labute approximate surface area is 261 Å². The summed E-state index contributed by atoms with van der Waals surface area (Å²) in [7, 11) is 0. The van der Waals surface area contributed by atoms with Crippen molar-refractivity contribution in [2.24, 2.45) is 0 Å². The van der Waals surface area contributed by atoms with E-state index < -0.39 is 0 Å². The fourth-order valence-corrected chi connectivity index (χ4v) is 8.49. The van der Waals surface area contributed by atoms with Gasteiger partial charge in [0.25, 0.3) is 0 Å². The summed E-state index contributed by atoms with van der Waals surface area (Å²) >= 11 is 28.3. The molecule has 0 N–H and O–H groups in total. The summed E-state index contributed by atoms with van der Waals surface area (Å²) in [6, 6.07) is 37.5. The summed E-state index contributed by atoms with van der Waals surface area (Å²) in [4.78, 5) is 0. The van der Waals surface area contributed by atoms with Crippen LogP contribution >= 0.6 is 46.4 Å². The molecule has 0 aliphatic carbocycles. The lowest BCUT2D eigenvalue weighted by Crippen LogP contribution is -1.91. The van der Waals surface area contributed by atoms with Crippen molar-refractivity contribution in [3.05, 3.63) is 129 Å². The summed E-state index contributed by atoms with van der Waals surface area (Å²) in [6.45, 7) is 0. The van der Waals surface area contributed by atoms with Crippen molar-refractivity contribution >= 4 is 111 Å². The molecular weight excluding hydrogens is 598 g/mol. The highest BCUT2D eigenvalue weighted by Crippen LogP contribution is 2.58. The first kappa shape index (κ1) is 24.8. The first-order valence-electron chi connectivity index (χ1n) is 13.7. The van der Waals surface area contributed by atoms with Gasteiger partial charge in [-0.25, -0.2) is 0 Å². The molecule has 0 nitrogen and oxygen atoms in total. The maximum atomic E-state index is 7.08. The van der Waals surface area contributed by atoms with E-state index in [2.05, 4.69) is 72.8 Å². The molecule has 0 amide bonds. The molecule has 0 radical (unpaired) electrons. The van der Waals surface area contributed by atoms with E-state index in [4.69, 9.17) is 46.4 Å². The summed E-state index contributed by atoms with van der Waals surface area (Å²) in [5, 5.41) is 16.2. The van der Waals surface area contributed by atoms with Gasteiger partial charge in [-0.2, -0.15) is 0 Å². The number of halogens is 4. The number of hydrogen-bond acceptors (Lipinski definition) is 0. The average Bonchev–Trinajstić information content (AvgIpc) is 3.50. The van der Waals surface area contributed by atoms with Crippen LogP contribution in [-0.2, 0) is 0 Å². The summed E-state index contributed by atoms with van der Waals surface area (Å²) in [6.07, 6.45) is 0. The van der Waals surface area contributed by atoms with E-state index in [1.807, 2.05) is 36.4 Å². The Kier molecular flexibility index (Phi) is 5.23. The molecule has 42 heavy (non-hydrogen) atoms. The van der Waals surface area contributed by atoms with Crippen LogP contribution in [0.2, 0.25) is 20.1 Å². The molecule has 0 aliphatic heterocycles. The van der Waals surface area contributed by atoms with Crippen LogP contribution < -0.4 is 0 Å². The summed E-state index contributed by atoms with van der Waals surface area (Å²) in [5.41, 5.74) is 3.74. The smallest absolute Gasteiger partial charge is 0.0499 e. The van der Waals surface area contributed by atoms with Crippen LogP contribution in [0, 0.1) is 0 Å². The second kappa shape index (κ2) is 8.86. The normalized spacial score (nSPS) is 12.3. The Morgan fingerprint density at radius 1 is 0.262 bits per heavy atom. The fraction of sp³-hybridized carbons (Fsp3) is 0. The molecule has 9 rings (SSSR count). The first-order chi connectivity index (χ1) is 20.5. The highest BCUT2D eigenvalue weighted by molar-refractivity contribution is 6.51. The molecule has 0 unspecified atom stereocenters. The third kappa shape index (κ3) is 3.11. The molecule has 9 aromatic rings. The fourth-order valence-electron chi connectivity index (χ4n) is 7.32. The molecule has 0 atom stereocenters. The van der Waals surface area contributed by atoms with Crippen LogP contribution in [0.4, 0.5) is 0 Å². The Bertz CT molecular complexity index is 2230. The van der Waals surface area contributed by atoms with Crippen LogP contribution in [0.5, 0.6) is 0 Å². The molecular formula is C38H18Cl4. The maximum absolute atomic E-state index is 7.08. The second-order valence-electron chi connectivity index (χ2n) is 10.9. The average molecular weight is 616 g/mol. The highest BCUT2D eigenvalue weighted by atomic mass is 35.5. The van der Waals surface area contributed by atoms with Gasteiger partial charge in [-0.05, 0) is 88.9 Å². The Hall–Kier alpha value is -3.78. The van der Waals surface area contributed by atoms with E-state index in [-0.39, 0.29) is 0 Å². The van der Waals surface area contributed by atoms with Crippen molar-refractivity contribution in [3.63, 3.8) is 0 Å². The molecule has 4 heteroatoms. The third-order valence-corrected chi connectivity index (χ3v) is 10.1. The van der Waals surface area contributed by atoms with E-state index in [1.165, 1.54) is 21.5 Å². The van der Waals surface area contributed by atoms with E-state index >= 15 is 0 Å². The zero-order chi connectivity index (χ0) is 28.3. The molecule has 0 heterocycles. The highest BCUT2D eigenvalue weighted by Gasteiger charge is 2.29. The van der Waals surface area contributed by atoms with Crippen LogP contribution in [0.15, 0.2) is 109 Å². The predicted molar refractivity (Wildman–Crippen MR) is 185 cm³/mol. The van der Waals surface area contributed by atoms with E-state index in [1.54, 1.807) is 0 Å². The zero-order valence-electron chi connectivity index (χ0n) is 21.9. The van der Waals surface area contributed by atoms with Gasteiger partial charge in [0.15, 0.2) is 0 Å². The number of hydrogen-bond donors (Lipinski definition) is 0. The van der Waals surface area contributed by atoms with Gasteiger partial charge >= 0.3 is 0 Å². The molecule has 0 spiro atoms. The molecule has 0 fully saturated rings. The predicted octanol–water partition coefficient (Wildman–Crippen LogP) is 13.4. The quantitative estimate of drug-likeness (QED) is 0.181. The lowest BCUT2D eigenvalue weighted by molar-refractivity contribution is 1.68. The summed E-state index contributed by atoms with van der Waals surface area (Å²) in [5.74, 6) is 0. The first-order valence-corrected chi connectivity index (χ1v) is 15.2. The lowest BCUT2D eigenvalue weighted by Gasteiger charge is -2.18. The lowest BCUT2D eigenvalue weighted by atomic mass is 9.87. The maximum Gasteiger partial charge on any atom is 0.0499 e. The van der Waals surface area contributed by atoms with Crippen LogP contribution in [0.25, 0.3) is 86.9 Å². The van der Waals surface area contributed by atoms with Crippen molar-refractivity contribution < 1.29 is 0 Å². The van der Waals surface area contributed by atoms with Crippen molar-refractivity contribution in [2.45, 2.75) is 0 Å². The number of benzene rings is 7. The van der Waals surface area contributed by atoms with Gasteiger partial charge in [-0.1, -0.05) is 131 Å². The molecule has 0 bridgehead atoms. The molecule has 0 aromatic heterocycles. The topological polar surface area (TPSA) is 0 Å². The largest absolute Gasteiger partial charge is 0.0836 e. The van der Waals surface area contributed by atoms with Crippen LogP contribution in [0.1, 0.15) is 0 Å². The standard InChI is InChI=1S/C38H18Cl4/c39-25-15-5-16-26(40)35(25)37-31-21-11-1-7-19-8-2-12-22(29(19)21)32(31)38(36-27(41)17-6-18-28(36)42)34-24-14-4-10-20-9-3-13-23(30(20)24)33(34)37/h1-18H. The van der Waals surface area contributed by atoms with Gasteiger partial charge in [-0.3, -0.25) is 0 Å².